The van der Waals surface area contributed by atoms with Gasteiger partial charge >= 0.3 is 6.18 Å². The van der Waals surface area contributed by atoms with Crippen molar-refractivity contribution >= 4 is 11.6 Å². The van der Waals surface area contributed by atoms with Crippen LogP contribution in [0.25, 0.3) is 0 Å². The summed E-state index contributed by atoms with van der Waals surface area (Å²) in [6.07, 6.45) is -2.40. The standard InChI is InChI=1S/C26H28F3NO4/c1-32-21-8-2-18(3-9-21)16-33-22(26(27,28)29)19-4-6-20(7-5-19)30-15-14-24(23(30)31)10-12-25(13-11-24)17-34-25/h2-9,22H,10-17H2,1H3. The van der Waals surface area contributed by atoms with E-state index in [1.807, 2.05) is 0 Å². The van der Waals surface area contributed by atoms with Gasteiger partial charge in [0, 0.05) is 12.2 Å². The minimum Gasteiger partial charge on any atom is -0.497 e. The van der Waals surface area contributed by atoms with E-state index in [4.69, 9.17) is 14.2 Å². The molecule has 2 saturated heterocycles. The molecule has 2 aliphatic heterocycles. The molecule has 2 aromatic carbocycles. The largest absolute Gasteiger partial charge is 0.497 e. The van der Waals surface area contributed by atoms with Crippen LogP contribution in [-0.4, -0.2) is 37.9 Å². The van der Waals surface area contributed by atoms with Crippen LogP contribution in [0.4, 0.5) is 18.9 Å². The quantitative estimate of drug-likeness (QED) is 0.512. The lowest BCUT2D eigenvalue weighted by Gasteiger charge is -2.34. The zero-order chi connectivity index (χ0) is 24.0. The molecule has 0 N–H and O–H groups in total. The van der Waals surface area contributed by atoms with Gasteiger partial charge in [-0.2, -0.15) is 13.2 Å². The Morgan fingerprint density at radius 1 is 1.00 bits per heavy atom. The highest BCUT2D eigenvalue weighted by atomic mass is 19.4. The molecule has 1 aliphatic carbocycles. The van der Waals surface area contributed by atoms with E-state index in [0.717, 1.165) is 38.7 Å². The van der Waals surface area contributed by atoms with Crippen molar-refractivity contribution in [1.29, 1.82) is 0 Å². The van der Waals surface area contributed by atoms with Gasteiger partial charge < -0.3 is 19.1 Å². The summed E-state index contributed by atoms with van der Waals surface area (Å²) in [5, 5.41) is 0. The summed E-state index contributed by atoms with van der Waals surface area (Å²) in [6.45, 7) is 1.19. The highest BCUT2D eigenvalue weighted by Gasteiger charge is 2.56. The Balaban J connectivity index is 1.27. The van der Waals surface area contributed by atoms with Crippen molar-refractivity contribution in [2.75, 3.05) is 25.2 Å². The Hall–Kier alpha value is -2.58. The van der Waals surface area contributed by atoms with Crippen LogP contribution in [-0.2, 0) is 20.9 Å². The van der Waals surface area contributed by atoms with E-state index < -0.39 is 12.3 Å². The monoisotopic (exact) mass is 475 g/mol. The molecule has 8 heteroatoms. The number of alkyl halides is 3. The fraction of sp³-hybridized carbons (Fsp3) is 0.500. The summed E-state index contributed by atoms with van der Waals surface area (Å²) in [4.78, 5) is 15.0. The first kappa shape index (κ1) is 23.2. The molecule has 1 amide bonds. The summed E-state index contributed by atoms with van der Waals surface area (Å²) in [6, 6.07) is 12.7. The van der Waals surface area contributed by atoms with E-state index in [1.54, 1.807) is 41.3 Å². The molecule has 5 rings (SSSR count). The first-order valence-electron chi connectivity index (χ1n) is 11.6. The average Bonchev–Trinajstić information content (AvgIpc) is 3.52. The van der Waals surface area contributed by atoms with Crippen molar-refractivity contribution in [3.8, 4) is 5.75 Å². The third kappa shape index (κ3) is 4.41. The van der Waals surface area contributed by atoms with Crippen molar-refractivity contribution in [1.82, 2.24) is 0 Å². The van der Waals surface area contributed by atoms with Crippen LogP contribution < -0.4 is 9.64 Å². The van der Waals surface area contributed by atoms with Crippen molar-refractivity contribution in [3.05, 3.63) is 59.7 Å². The molecule has 0 bridgehead atoms. The van der Waals surface area contributed by atoms with Crippen LogP contribution in [0, 0.1) is 5.41 Å². The number of epoxide rings is 1. The van der Waals surface area contributed by atoms with E-state index in [0.29, 0.717) is 23.5 Å². The zero-order valence-corrected chi connectivity index (χ0v) is 19.1. The summed E-state index contributed by atoms with van der Waals surface area (Å²) in [7, 11) is 1.53. The van der Waals surface area contributed by atoms with Crippen LogP contribution in [0.5, 0.6) is 5.75 Å². The predicted molar refractivity (Wildman–Crippen MR) is 120 cm³/mol. The van der Waals surface area contributed by atoms with Crippen LogP contribution in [0.3, 0.4) is 0 Å². The van der Waals surface area contributed by atoms with Gasteiger partial charge in [0.05, 0.1) is 31.3 Å². The Morgan fingerprint density at radius 2 is 1.65 bits per heavy atom. The normalized spacial score (nSPS) is 27.4. The summed E-state index contributed by atoms with van der Waals surface area (Å²) in [5.41, 5.74) is 0.914. The second-order valence-electron chi connectivity index (χ2n) is 9.63. The Morgan fingerprint density at radius 3 is 2.21 bits per heavy atom. The summed E-state index contributed by atoms with van der Waals surface area (Å²) >= 11 is 0. The average molecular weight is 476 g/mol. The molecule has 182 valence electrons. The molecule has 1 saturated carbocycles. The van der Waals surface area contributed by atoms with Gasteiger partial charge in [-0.05, 0) is 67.5 Å². The van der Waals surface area contributed by atoms with Gasteiger partial charge in [-0.1, -0.05) is 24.3 Å². The van der Waals surface area contributed by atoms with E-state index in [9.17, 15) is 18.0 Å². The van der Waals surface area contributed by atoms with Crippen LogP contribution >= 0.6 is 0 Å². The lowest BCUT2D eigenvalue weighted by atomic mass is 9.69. The van der Waals surface area contributed by atoms with Gasteiger partial charge in [0.15, 0.2) is 6.10 Å². The summed E-state index contributed by atoms with van der Waals surface area (Å²) < 4.78 is 57.3. The van der Waals surface area contributed by atoms with E-state index in [-0.39, 0.29) is 29.1 Å². The second-order valence-corrected chi connectivity index (χ2v) is 9.63. The third-order valence-electron chi connectivity index (χ3n) is 7.56. The predicted octanol–water partition coefficient (Wildman–Crippen LogP) is 5.58. The minimum atomic E-state index is -4.57. The highest BCUT2D eigenvalue weighted by molar-refractivity contribution is 6.00. The topological polar surface area (TPSA) is 51.3 Å². The van der Waals surface area contributed by atoms with Gasteiger partial charge in [0.1, 0.15) is 5.75 Å². The SMILES string of the molecule is COc1ccc(COC(c2ccc(N3CCC4(CCC5(CC4)CO5)C3=O)cc2)C(F)(F)F)cc1. The number of carbonyl (C=O) groups is 1. The fourth-order valence-corrected chi connectivity index (χ4v) is 5.22. The number of nitrogens with zero attached hydrogens (tertiary/aromatic N) is 1. The number of rotatable bonds is 6. The maximum atomic E-state index is 13.8. The smallest absolute Gasteiger partial charge is 0.418 e. The van der Waals surface area contributed by atoms with Crippen molar-refractivity contribution in [2.24, 2.45) is 5.41 Å². The van der Waals surface area contributed by atoms with Crippen molar-refractivity contribution in [3.63, 3.8) is 0 Å². The molecular formula is C26H28F3NO4. The van der Waals surface area contributed by atoms with Crippen LogP contribution in [0.1, 0.15) is 49.3 Å². The Bertz CT molecular complexity index is 1020. The molecule has 34 heavy (non-hydrogen) atoms. The molecule has 0 aromatic heterocycles. The van der Waals surface area contributed by atoms with Crippen molar-refractivity contribution < 1.29 is 32.2 Å². The third-order valence-corrected chi connectivity index (χ3v) is 7.56. The maximum absolute atomic E-state index is 13.8. The Kier molecular flexibility index (Phi) is 5.84. The van der Waals surface area contributed by atoms with E-state index in [1.165, 1.54) is 19.2 Å². The molecular weight excluding hydrogens is 447 g/mol. The number of benzene rings is 2. The number of hydrogen-bond donors (Lipinski definition) is 0. The first-order valence-corrected chi connectivity index (χ1v) is 11.6. The van der Waals surface area contributed by atoms with Gasteiger partial charge in [0.2, 0.25) is 5.91 Å². The molecule has 1 atom stereocenters. The number of methoxy groups -OCH3 is 1. The van der Waals surface area contributed by atoms with Gasteiger partial charge in [-0.15, -0.1) is 0 Å². The number of carbonyl (C=O) groups excluding carboxylic acids is 1. The molecule has 2 heterocycles. The second kappa shape index (κ2) is 8.57. The van der Waals surface area contributed by atoms with E-state index in [2.05, 4.69) is 0 Å². The number of halogens is 3. The van der Waals surface area contributed by atoms with Crippen molar-refractivity contribution in [2.45, 2.75) is 56.6 Å². The van der Waals surface area contributed by atoms with Crippen LogP contribution in [0.15, 0.2) is 48.5 Å². The van der Waals surface area contributed by atoms with Gasteiger partial charge in [-0.25, -0.2) is 0 Å². The molecule has 3 fully saturated rings. The summed E-state index contributed by atoms with van der Waals surface area (Å²) in [5.74, 6) is 0.706. The lowest BCUT2D eigenvalue weighted by molar-refractivity contribution is -0.227. The number of amides is 1. The van der Waals surface area contributed by atoms with Gasteiger partial charge in [0.25, 0.3) is 0 Å². The van der Waals surface area contributed by atoms with Gasteiger partial charge in [-0.3, -0.25) is 4.79 Å². The molecule has 0 radical (unpaired) electrons. The Labute approximate surface area is 196 Å². The van der Waals surface area contributed by atoms with E-state index >= 15 is 0 Å². The fourth-order valence-electron chi connectivity index (χ4n) is 5.22. The highest BCUT2D eigenvalue weighted by Crippen LogP contribution is 2.53. The molecule has 2 spiro atoms. The number of ether oxygens (including phenoxy) is 3. The molecule has 5 nitrogen and oxygen atoms in total. The minimum absolute atomic E-state index is 0.0108. The van der Waals surface area contributed by atoms with Crippen LogP contribution in [0.2, 0.25) is 0 Å². The molecule has 3 aliphatic rings. The first-order chi connectivity index (χ1) is 16.2. The lowest BCUT2D eigenvalue weighted by Crippen LogP contribution is -2.39. The molecule has 2 aromatic rings. The zero-order valence-electron chi connectivity index (χ0n) is 19.1. The number of hydrogen-bond acceptors (Lipinski definition) is 4. The molecule has 1 unspecified atom stereocenters. The maximum Gasteiger partial charge on any atom is 0.418 e. The number of anilines is 1.